The highest BCUT2D eigenvalue weighted by Gasteiger charge is 2.07. The lowest BCUT2D eigenvalue weighted by atomic mass is 10.3. The van der Waals surface area contributed by atoms with Crippen LogP contribution in [0.15, 0.2) is 48.5 Å². The first kappa shape index (κ1) is 19.4. The topological polar surface area (TPSA) is 83.5 Å². The van der Waals surface area contributed by atoms with Gasteiger partial charge in [-0.3, -0.25) is 0 Å². The number of phenolic OH excluding ortho intramolecular Hbond substituents is 1. The number of carbonyl (C=O) groups excluding carboxylic acids is 1. The van der Waals surface area contributed by atoms with Crippen molar-refractivity contribution in [1.29, 1.82) is 0 Å². The highest BCUT2D eigenvalue weighted by molar-refractivity contribution is 5.71. The number of hydrogen-bond acceptors (Lipinski definition) is 7. The average molecular weight is 362 g/mol. The monoisotopic (exact) mass is 362 g/mol. The van der Waals surface area contributed by atoms with Crippen LogP contribution in [0.4, 0.5) is 0 Å². The van der Waals surface area contributed by atoms with Gasteiger partial charge in [0, 0.05) is 0 Å². The van der Waals surface area contributed by atoms with Gasteiger partial charge in [-0.1, -0.05) is 24.3 Å². The number of rotatable bonds is 11. The molecule has 0 aromatic heterocycles. The summed E-state index contributed by atoms with van der Waals surface area (Å²) in [6.45, 7) is 1.16. The summed E-state index contributed by atoms with van der Waals surface area (Å²) in [4.78, 5) is 11.1. The first-order chi connectivity index (χ1) is 12.7. The van der Waals surface area contributed by atoms with Gasteiger partial charge in [0.15, 0.2) is 29.6 Å². The molecule has 0 amide bonds. The third-order valence-electron chi connectivity index (χ3n) is 3.26. The van der Waals surface area contributed by atoms with E-state index in [4.69, 9.17) is 18.9 Å². The minimum atomic E-state index is -0.465. The molecule has 0 unspecified atom stereocenters. The smallest absolute Gasteiger partial charge is 0.343 e. The molecule has 0 saturated heterocycles. The molecule has 2 aromatic rings. The number of aromatic hydroxyl groups is 1. The zero-order chi connectivity index (χ0) is 18.6. The van der Waals surface area contributed by atoms with Gasteiger partial charge < -0.3 is 28.8 Å². The molecule has 0 bridgehead atoms. The highest BCUT2D eigenvalue weighted by Crippen LogP contribution is 2.26. The van der Waals surface area contributed by atoms with E-state index in [9.17, 15) is 9.90 Å². The lowest BCUT2D eigenvalue weighted by molar-refractivity contribution is -0.142. The Morgan fingerprint density at radius 3 is 1.96 bits per heavy atom. The van der Waals surface area contributed by atoms with Crippen LogP contribution in [0.25, 0.3) is 0 Å². The summed E-state index contributed by atoms with van der Waals surface area (Å²) in [5, 5.41) is 9.57. The number of phenols is 1. The van der Waals surface area contributed by atoms with Crippen molar-refractivity contribution >= 4 is 5.97 Å². The van der Waals surface area contributed by atoms with Crippen LogP contribution in [-0.2, 0) is 14.3 Å². The number of carbonyl (C=O) groups is 1. The summed E-state index contributed by atoms with van der Waals surface area (Å²) in [5.41, 5.74) is 0. The fourth-order valence-corrected chi connectivity index (χ4v) is 1.99. The predicted molar refractivity (Wildman–Crippen MR) is 93.9 cm³/mol. The fraction of sp³-hybridized carbons (Fsp3) is 0.316. The molecule has 2 aromatic carbocycles. The van der Waals surface area contributed by atoms with Crippen LogP contribution in [-0.4, -0.2) is 51.2 Å². The Labute approximate surface area is 152 Å². The summed E-state index contributed by atoms with van der Waals surface area (Å²) in [6, 6.07) is 13.8. The van der Waals surface area contributed by atoms with Gasteiger partial charge in [-0.05, 0) is 24.3 Å². The molecule has 26 heavy (non-hydrogen) atoms. The van der Waals surface area contributed by atoms with Crippen LogP contribution < -0.4 is 14.2 Å². The van der Waals surface area contributed by atoms with Crippen LogP contribution in [0.1, 0.15) is 0 Å². The number of ether oxygens (including phenoxy) is 5. The molecule has 0 atom stereocenters. The van der Waals surface area contributed by atoms with Crippen LogP contribution in [0, 0.1) is 0 Å². The SMILES string of the molecule is COC(=O)COc1ccccc1OCCOCCOc1ccccc1O. The van der Waals surface area contributed by atoms with E-state index in [2.05, 4.69) is 4.74 Å². The van der Waals surface area contributed by atoms with Crippen LogP contribution in [0.5, 0.6) is 23.0 Å². The molecule has 2 rings (SSSR count). The van der Waals surface area contributed by atoms with Crippen molar-refractivity contribution in [1.82, 2.24) is 0 Å². The number of para-hydroxylation sites is 4. The summed E-state index contributed by atoms with van der Waals surface area (Å²) in [6.07, 6.45) is 0. The molecule has 0 aliphatic carbocycles. The van der Waals surface area contributed by atoms with Crippen molar-refractivity contribution in [3.05, 3.63) is 48.5 Å². The Bertz CT molecular complexity index is 687. The van der Waals surface area contributed by atoms with Crippen molar-refractivity contribution in [2.24, 2.45) is 0 Å². The molecular weight excluding hydrogens is 340 g/mol. The molecule has 7 nitrogen and oxygen atoms in total. The Morgan fingerprint density at radius 2 is 1.35 bits per heavy atom. The number of methoxy groups -OCH3 is 1. The van der Waals surface area contributed by atoms with Crippen LogP contribution >= 0.6 is 0 Å². The van der Waals surface area contributed by atoms with E-state index in [1.54, 1.807) is 48.5 Å². The zero-order valence-corrected chi connectivity index (χ0v) is 14.6. The van der Waals surface area contributed by atoms with Crippen molar-refractivity contribution in [2.75, 3.05) is 40.1 Å². The third kappa shape index (κ3) is 6.52. The van der Waals surface area contributed by atoms with Crippen molar-refractivity contribution < 1.29 is 33.6 Å². The van der Waals surface area contributed by atoms with Gasteiger partial charge in [0.25, 0.3) is 0 Å². The molecule has 0 fully saturated rings. The largest absolute Gasteiger partial charge is 0.504 e. The minimum absolute atomic E-state index is 0.0967. The fourth-order valence-electron chi connectivity index (χ4n) is 1.99. The number of hydrogen-bond donors (Lipinski definition) is 1. The van der Waals surface area contributed by atoms with Crippen molar-refractivity contribution in [3.63, 3.8) is 0 Å². The summed E-state index contributed by atoms with van der Waals surface area (Å²) in [7, 11) is 1.30. The second-order valence-corrected chi connectivity index (χ2v) is 5.09. The van der Waals surface area contributed by atoms with E-state index in [1.165, 1.54) is 7.11 Å². The van der Waals surface area contributed by atoms with Gasteiger partial charge in [-0.2, -0.15) is 0 Å². The van der Waals surface area contributed by atoms with Gasteiger partial charge in [-0.25, -0.2) is 4.79 Å². The third-order valence-corrected chi connectivity index (χ3v) is 3.26. The van der Waals surface area contributed by atoms with Gasteiger partial charge in [0.2, 0.25) is 0 Å². The lowest BCUT2D eigenvalue weighted by Crippen LogP contribution is -2.14. The maximum absolute atomic E-state index is 11.1. The Morgan fingerprint density at radius 1 is 0.808 bits per heavy atom. The van der Waals surface area contributed by atoms with E-state index in [0.717, 1.165) is 0 Å². The predicted octanol–water partition coefficient (Wildman–Crippen LogP) is 2.42. The van der Waals surface area contributed by atoms with E-state index in [-0.39, 0.29) is 12.4 Å². The van der Waals surface area contributed by atoms with E-state index in [0.29, 0.717) is 43.7 Å². The second-order valence-electron chi connectivity index (χ2n) is 5.09. The van der Waals surface area contributed by atoms with Gasteiger partial charge in [0.1, 0.15) is 13.2 Å². The molecule has 1 N–H and O–H groups in total. The Balaban J connectivity index is 1.64. The van der Waals surface area contributed by atoms with Crippen LogP contribution in [0.2, 0.25) is 0 Å². The Kier molecular flexibility index (Phi) is 8.08. The van der Waals surface area contributed by atoms with Gasteiger partial charge in [0.05, 0.1) is 20.3 Å². The average Bonchev–Trinajstić information content (AvgIpc) is 2.67. The molecule has 0 aliphatic heterocycles. The molecule has 0 radical (unpaired) electrons. The number of esters is 1. The highest BCUT2D eigenvalue weighted by atomic mass is 16.6. The second kappa shape index (κ2) is 10.8. The normalized spacial score (nSPS) is 10.2. The minimum Gasteiger partial charge on any atom is -0.504 e. The lowest BCUT2D eigenvalue weighted by Gasteiger charge is -2.12. The maximum atomic E-state index is 11.1. The zero-order valence-electron chi connectivity index (χ0n) is 14.6. The molecule has 140 valence electrons. The molecule has 0 aliphatic rings. The quantitative estimate of drug-likeness (QED) is 0.485. The summed E-state index contributed by atoms with van der Waals surface area (Å²) >= 11 is 0. The van der Waals surface area contributed by atoms with Crippen LogP contribution in [0.3, 0.4) is 0 Å². The van der Waals surface area contributed by atoms with E-state index < -0.39 is 5.97 Å². The first-order valence-corrected chi connectivity index (χ1v) is 8.10. The van der Waals surface area contributed by atoms with Gasteiger partial charge in [-0.15, -0.1) is 0 Å². The van der Waals surface area contributed by atoms with Crippen molar-refractivity contribution in [3.8, 4) is 23.0 Å². The maximum Gasteiger partial charge on any atom is 0.343 e. The summed E-state index contributed by atoms with van der Waals surface area (Å²) in [5.74, 6) is 1.03. The Hall–Kier alpha value is -2.93. The van der Waals surface area contributed by atoms with E-state index in [1.807, 2.05) is 0 Å². The molecule has 0 spiro atoms. The molecule has 7 heteroatoms. The molecule has 0 heterocycles. The van der Waals surface area contributed by atoms with Crippen molar-refractivity contribution in [2.45, 2.75) is 0 Å². The molecular formula is C19H22O7. The van der Waals surface area contributed by atoms with Gasteiger partial charge >= 0.3 is 5.97 Å². The van der Waals surface area contributed by atoms with E-state index >= 15 is 0 Å². The standard InChI is InChI=1S/C19H22O7/c1-22-19(21)14-26-18-9-5-4-8-17(18)25-13-11-23-10-12-24-16-7-3-2-6-15(16)20/h2-9,20H,10-14H2,1H3. The first-order valence-electron chi connectivity index (χ1n) is 8.10. The molecule has 0 saturated carbocycles. The number of benzene rings is 2. The summed E-state index contributed by atoms with van der Waals surface area (Å²) < 4.78 is 26.3.